The van der Waals surface area contributed by atoms with E-state index in [1.165, 1.54) is 0 Å². The Morgan fingerprint density at radius 2 is 1.78 bits per heavy atom. The van der Waals surface area contributed by atoms with Crippen LogP contribution in [0.1, 0.15) is 55.5 Å². The highest BCUT2D eigenvalue weighted by atomic mass is 16.3. The molecule has 3 heterocycles. The minimum atomic E-state index is -0.954. The van der Waals surface area contributed by atoms with Gasteiger partial charge in [0.05, 0.1) is 24.2 Å². The minimum absolute atomic E-state index is 0.0348. The van der Waals surface area contributed by atoms with Gasteiger partial charge in [-0.3, -0.25) is 24.2 Å². The summed E-state index contributed by atoms with van der Waals surface area (Å²) in [7, 11) is 1.94. The predicted octanol–water partition coefficient (Wildman–Crippen LogP) is 0.930. The lowest BCUT2D eigenvalue weighted by atomic mass is 9.70. The largest absolute Gasteiger partial charge is 0.507 e. The standard InChI is InChI=1S/C28H36N4O5/c1-11-7-16-8-19-28(37)32-18(23(31(19)6)21(16)25(34)12(11)2)9-17-22(20(32)10-30-27(36)15(5)29)26(35)14(4)13(3)24(17)33/h7,15,18-20,23,28,34,37H,8-10,29H2,1-6H3,(H,30,36)/t15-,18+,19+,20+,23+,28+/m1/s1. The molecular formula is C28H36N4O5. The van der Waals surface area contributed by atoms with Crippen molar-refractivity contribution in [2.45, 2.75) is 83.9 Å². The molecule has 1 saturated heterocycles. The molecule has 5 N–H and O–H groups in total. The molecule has 1 aliphatic carbocycles. The fourth-order valence-electron chi connectivity index (χ4n) is 6.74. The summed E-state index contributed by atoms with van der Waals surface area (Å²) in [6.45, 7) is 8.79. The third-order valence-corrected chi connectivity index (χ3v) is 9.10. The number of ketones is 2. The minimum Gasteiger partial charge on any atom is -0.507 e. The number of Topliss-reactive ketones (excluding diaryl/α,β-unsaturated/α-hetero) is 2. The number of amides is 1. The number of aliphatic hydroxyl groups is 1. The van der Waals surface area contributed by atoms with Gasteiger partial charge in [0, 0.05) is 40.4 Å². The van der Waals surface area contributed by atoms with Crippen LogP contribution in [0.15, 0.2) is 28.4 Å². The van der Waals surface area contributed by atoms with Gasteiger partial charge in [-0.05, 0) is 71.2 Å². The molecule has 0 aromatic heterocycles. The van der Waals surface area contributed by atoms with E-state index in [4.69, 9.17) is 5.73 Å². The predicted molar refractivity (Wildman–Crippen MR) is 138 cm³/mol. The Morgan fingerprint density at radius 3 is 2.43 bits per heavy atom. The van der Waals surface area contributed by atoms with Crippen LogP contribution in [0.25, 0.3) is 0 Å². The second-order valence-corrected chi connectivity index (χ2v) is 11.1. The number of phenols is 1. The number of fused-ring (bicyclic) bond motifs is 6. The van der Waals surface area contributed by atoms with Gasteiger partial charge in [0.25, 0.3) is 0 Å². The summed E-state index contributed by atoms with van der Waals surface area (Å²) in [6, 6.07) is -0.377. The van der Waals surface area contributed by atoms with Crippen molar-refractivity contribution in [3.05, 3.63) is 50.6 Å². The fraction of sp³-hybridized carbons (Fsp3) is 0.536. The molecule has 9 heteroatoms. The van der Waals surface area contributed by atoms with Crippen molar-refractivity contribution in [1.82, 2.24) is 15.1 Å². The molecule has 1 aromatic carbocycles. The van der Waals surface area contributed by atoms with E-state index in [2.05, 4.69) is 16.3 Å². The Balaban J connectivity index is 1.68. The molecule has 3 aliphatic heterocycles. The van der Waals surface area contributed by atoms with Crippen LogP contribution in [0.4, 0.5) is 0 Å². The number of carbonyl (C=O) groups is 3. The summed E-state index contributed by atoms with van der Waals surface area (Å²) in [5, 5.41) is 25.9. The van der Waals surface area contributed by atoms with Crippen molar-refractivity contribution in [1.29, 1.82) is 0 Å². The highest BCUT2D eigenvalue weighted by Crippen LogP contribution is 2.52. The molecule has 0 saturated carbocycles. The first-order valence-corrected chi connectivity index (χ1v) is 12.9. The fourth-order valence-corrected chi connectivity index (χ4v) is 6.74. The normalized spacial score (nSPS) is 30.6. The Hall–Kier alpha value is -2.85. The zero-order chi connectivity index (χ0) is 27.1. The van der Waals surface area contributed by atoms with Gasteiger partial charge in [0.15, 0.2) is 11.6 Å². The van der Waals surface area contributed by atoms with Gasteiger partial charge in [-0.2, -0.15) is 0 Å². The number of piperazine rings is 1. The Bertz CT molecular complexity index is 1300. The number of benzene rings is 1. The number of carbonyl (C=O) groups excluding carboxylic acids is 3. The van der Waals surface area contributed by atoms with Crippen LogP contribution in [0.3, 0.4) is 0 Å². The monoisotopic (exact) mass is 508 g/mol. The van der Waals surface area contributed by atoms with Gasteiger partial charge in [-0.1, -0.05) is 6.07 Å². The number of phenolic OH excluding ortho intramolecular Hbond substituents is 1. The number of aliphatic hydroxyl groups excluding tert-OH is 1. The van der Waals surface area contributed by atoms with Crippen molar-refractivity contribution < 1.29 is 24.6 Å². The summed E-state index contributed by atoms with van der Waals surface area (Å²) in [6.07, 6.45) is -0.172. The molecule has 2 bridgehead atoms. The molecule has 1 amide bonds. The second kappa shape index (κ2) is 8.87. The number of nitrogens with zero attached hydrogens (tertiary/aromatic N) is 2. The number of aryl methyl sites for hydroxylation is 1. The zero-order valence-electron chi connectivity index (χ0n) is 22.3. The van der Waals surface area contributed by atoms with Crippen molar-refractivity contribution in [2.75, 3.05) is 13.6 Å². The highest BCUT2D eigenvalue weighted by molar-refractivity contribution is 6.25. The van der Waals surface area contributed by atoms with Crippen LogP contribution in [0, 0.1) is 13.8 Å². The smallest absolute Gasteiger partial charge is 0.236 e. The van der Waals surface area contributed by atoms with Gasteiger partial charge in [-0.15, -0.1) is 0 Å². The maximum absolute atomic E-state index is 13.6. The number of rotatable bonds is 3. The van der Waals surface area contributed by atoms with Crippen molar-refractivity contribution in [3.8, 4) is 5.75 Å². The SMILES string of the molecule is CC1=C(C)C(=O)C2=C(C[C@H]3[C@H]4c5c(cc(C)c(C)c5O)C[C@@H]([C@H](O)N3[C@H]2CNC(=O)[C@@H](C)N)N4C)C1=O. The van der Waals surface area contributed by atoms with E-state index in [0.717, 1.165) is 22.3 Å². The summed E-state index contributed by atoms with van der Waals surface area (Å²) < 4.78 is 0. The number of allylic oxidation sites excluding steroid dienone is 2. The molecule has 1 aromatic rings. The first kappa shape index (κ1) is 25.8. The molecular weight excluding hydrogens is 472 g/mol. The van der Waals surface area contributed by atoms with Gasteiger partial charge >= 0.3 is 0 Å². The number of hydrogen-bond acceptors (Lipinski definition) is 8. The molecule has 0 unspecified atom stereocenters. The number of nitrogens with one attached hydrogen (secondary N) is 1. The average molecular weight is 509 g/mol. The van der Waals surface area contributed by atoms with E-state index in [9.17, 15) is 24.6 Å². The average Bonchev–Trinajstić information content (AvgIpc) is 2.85. The maximum atomic E-state index is 13.6. The zero-order valence-corrected chi connectivity index (χ0v) is 22.3. The van der Waals surface area contributed by atoms with E-state index in [1.807, 2.05) is 25.8 Å². The quantitative estimate of drug-likeness (QED) is 0.443. The lowest BCUT2D eigenvalue weighted by Gasteiger charge is -2.60. The summed E-state index contributed by atoms with van der Waals surface area (Å²) >= 11 is 0. The van der Waals surface area contributed by atoms with Crippen LogP contribution in [0.2, 0.25) is 0 Å². The highest BCUT2D eigenvalue weighted by Gasteiger charge is 2.56. The lowest BCUT2D eigenvalue weighted by Crippen LogP contribution is -2.71. The van der Waals surface area contributed by atoms with Crippen molar-refractivity contribution in [2.24, 2.45) is 5.73 Å². The van der Waals surface area contributed by atoms with Gasteiger partial charge in [0.2, 0.25) is 5.91 Å². The van der Waals surface area contributed by atoms with Gasteiger partial charge in [0.1, 0.15) is 12.0 Å². The summed E-state index contributed by atoms with van der Waals surface area (Å²) in [5.41, 5.74) is 11.0. The molecule has 9 nitrogen and oxygen atoms in total. The van der Waals surface area contributed by atoms with E-state index in [1.54, 1.807) is 20.8 Å². The second-order valence-electron chi connectivity index (χ2n) is 11.1. The summed E-state index contributed by atoms with van der Waals surface area (Å²) in [4.78, 5) is 43.5. The molecule has 0 radical (unpaired) electrons. The van der Waals surface area contributed by atoms with E-state index in [0.29, 0.717) is 28.7 Å². The Morgan fingerprint density at radius 1 is 1.14 bits per heavy atom. The van der Waals surface area contributed by atoms with Crippen molar-refractivity contribution >= 4 is 17.5 Å². The Labute approximate surface area is 217 Å². The number of hydrogen-bond donors (Lipinski definition) is 4. The number of likely N-dealkylation sites (N-methyl/N-ethyl adjacent to an activating group) is 1. The van der Waals surface area contributed by atoms with E-state index < -0.39 is 24.4 Å². The van der Waals surface area contributed by atoms with Crippen molar-refractivity contribution in [3.63, 3.8) is 0 Å². The topological polar surface area (TPSA) is 136 Å². The lowest BCUT2D eigenvalue weighted by molar-refractivity contribution is -0.166. The van der Waals surface area contributed by atoms with Crippen LogP contribution in [-0.4, -0.2) is 81.5 Å². The molecule has 0 spiro atoms. The van der Waals surface area contributed by atoms with Gasteiger partial charge < -0.3 is 21.3 Å². The van der Waals surface area contributed by atoms with E-state index >= 15 is 0 Å². The third kappa shape index (κ3) is 3.63. The van der Waals surface area contributed by atoms with Crippen LogP contribution >= 0.6 is 0 Å². The van der Waals surface area contributed by atoms with E-state index in [-0.39, 0.29) is 48.3 Å². The molecule has 198 valence electrons. The molecule has 4 aliphatic rings. The maximum Gasteiger partial charge on any atom is 0.236 e. The Kier molecular flexibility index (Phi) is 6.18. The van der Waals surface area contributed by atoms with Crippen LogP contribution in [-0.2, 0) is 20.8 Å². The van der Waals surface area contributed by atoms with Crippen LogP contribution in [0.5, 0.6) is 5.75 Å². The van der Waals surface area contributed by atoms with Gasteiger partial charge in [-0.25, -0.2) is 0 Å². The summed E-state index contributed by atoms with van der Waals surface area (Å²) in [5.74, 6) is -0.534. The molecule has 1 fully saturated rings. The van der Waals surface area contributed by atoms with Crippen LogP contribution < -0.4 is 11.1 Å². The first-order valence-electron chi connectivity index (χ1n) is 12.9. The first-order chi connectivity index (χ1) is 17.4. The molecule has 37 heavy (non-hydrogen) atoms. The number of nitrogens with two attached hydrogens (primary N) is 1. The third-order valence-electron chi connectivity index (χ3n) is 9.10. The molecule has 5 rings (SSSR count). The molecule has 6 atom stereocenters. The number of aromatic hydroxyl groups is 1.